The van der Waals surface area contributed by atoms with Gasteiger partial charge in [0, 0.05) is 12.4 Å². The van der Waals surface area contributed by atoms with E-state index in [4.69, 9.17) is 4.74 Å². The minimum atomic E-state index is -0.338. The number of rotatable bonds is 5. The van der Waals surface area contributed by atoms with E-state index in [1.807, 2.05) is 12.3 Å². The van der Waals surface area contributed by atoms with E-state index in [2.05, 4.69) is 10.4 Å². The second kappa shape index (κ2) is 5.39. The van der Waals surface area contributed by atoms with Gasteiger partial charge < -0.3 is 10.1 Å². The van der Waals surface area contributed by atoms with Crippen LogP contribution in [0.2, 0.25) is 0 Å². The molecule has 0 saturated heterocycles. The first-order valence-corrected chi connectivity index (χ1v) is 4.59. The van der Waals surface area contributed by atoms with E-state index in [1.165, 1.54) is 0 Å². The summed E-state index contributed by atoms with van der Waals surface area (Å²) in [5.41, 5.74) is 0. The van der Waals surface area contributed by atoms with Gasteiger partial charge in [-0.3, -0.25) is 9.48 Å². The summed E-state index contributed by atoms with van der Waals surface area (Å²) in [5.74, 6) is -0.245. The smallest absolute Gasteiger partial charge is 0.325 e. The highest BCUT2D eigenvalue weighted by Gasteiger charge is 2.17. The molecule has 0 aliphatic rings. The Morgan fingerprint density at radius 2 is 2.50 bits per heavy atom. The number of hydrogen-bond acceptors (Lipinski definition) is 4. The highest BCUT2D eigenvalue weighted by molar-refractivity contribution is 5.75. The Balaban J connectivity index is 2.50. The van der Waals surface area contributed by atoms with Gasteiger partial charge in [-0.2, -0.15) is 5.10 Å². The zero-order valence-electron chi connectivity index (χ0n) is 8.43. The van der Waals surface area contributed by atoms with E-state index in [1.54, 1.807) is 24.9 Å². The molecule has 0 aliphatic carbocycles. The number of hydrogen-bond donors (Lipinski definition) is 1. The molecular weight excluding hydrogens is 182 g/mol. The van der Waals surface area contributed by atoms with Crippen molar-refractivity contribution in [2.75, 3.05) is 13.7 Å². The summed E-state index contributed by atoms with van der Waals surface area (Å²) in [5, 5.41) is 6.90. The molecule has 5 nitrogen and oxygen atoms in total. The van der Waals surface area contributed by atoms with Gasteiger partial charge in [0.25, 0.3) is 0 Å². The Morgan fingerprint density at radius 1 is 1.71 bits per heavy atom. The van der Waals surface area contributed by atoms with Gasteiger partial charge in [-0.25, -0.2) is 0 Å². The lowest BCUT2D eigenvalue weighted by Gasteiger charge is -2.14. The lowest BCUT2D eigenvalue weighted by Crippen LogP contribution is -2.39. The largest absolute Gasteiger partial charge is 0.465 e. The van der Waals surface area contributed by atoms with Crippen molar-refractivity contribution in [1.82, 2.24) is 15.1 Å². The van der Waals surface area contributed by atoms with Gasteiger partial charge in [0.2, 0.25) is 0 Å². The second-order valence-electron chi connectivity index (χ2n) is 2.82. The summed E-state index contributed by atoms with van der Waals surface area (Å²) in [6.45, 7) is 2.68. The van der Waals surface area contributed by atoms with Gasteiger partial charge in [0.1, 0.15) is 6.04 Å². The van der Waals surface area contributed by atoms with Crippen molar-refractivity contribution in [2.24, 2.45) is 0 Å². The third-order valence-corrected chi connectivity index (χ3v) is 1.85. The number of carbonyl (C=O) groups is 1. The van der Waals surface area contributed by atoms with Crippen LogP contribution in [0.25, 0.3) is 0 Å². The molecule has 0 bridgehead atoms. The molecule has 0 fully saturated rings. The van der Waals surface area contributed by atoms with E-state index in [-0.39, 0.29) is 12.0 Å². The molecule has 0 aliphatic heterocycles. The molecule has 1 atom stereocenters. The molecule has 1 unspecified atom stereocenters. The monoisotopic (exact) mass is 197 g/mol. The highest BCUT2D eigenvalue weighted by atomic mass is 16.5. The van der Waals surface area contributed by atoms with Crippen LogP contribution in [-0.4, -0.2) is 35.4 Å². The predicted molar refractivity (Wildman–Crippen MR) is 51.7 cm³/mol. The van der Waals surface area contributed by atoms with E-state index >= 15 is 0 Å². The Morgan fingerprint density at radius 3 is 3.00 bits per heavy atom. The summed E-state index contributed by atoms with van der Waals surface area (Å²) >= 11 is 0. The van der Waals surface area contributed by atoms with Crippen LogP contribution in [-0.2, 0) is 16.1 Å². The summed E-state index contributed by atoms with van der Waals surface area (Å²) in [7, 11) is 1.73. The van der Waals surface area contributed by atoms with Crippen molar-refractivity contribution < 1.29 is 9.53 Å². The van der Waals surface area contributed by atoms with Gasteiger partial charge in [-0.15, -0.1) is 0 Å². The minimum Gasteiger partial charge on any atom is -0.465 e. The fraction of sp³-hybridized carbons (Fsp3) is 0.556. The molecule has 1 aromatic heterocycles. The molecule has 78 valence electrons. The molecule has 1 aromatic rings. The molecule has 0 aromatic carbocycles. The topological polar surface area (TPSA) is 56.2 Å². The molecule has 5 heteroatoms. The molecule has 0 radical (unpaired) electrons. The fourth-order valence-electron chi connectivity index (χ4n) is 1.12. The number of carbonyl (C=O) groups excluding carboxylic acids is 1. The molecule has 1 heterocycles. The van der Waals surface area contributed by atoms with Gasteiger partial charge in [-0.05, 0) is 20.0 Å². The van der Waals surface area contributed by atoms with Crippen LogP contribution in [0.5, 0.6) is 0 Å². The predicted octanol–water partition coefficient (Wildman–Crippen LogP) is 0.0342. The summed E-state index contributed by atoms with van der Waals surface area (Å²) in [6.07, 6.45) is 3.49. The van der Waals surface area contributed by atoms with Gasteiger partial charge >= 0.3 is 5.97 Å². The number of aromatic nitrogens is 2. The van der Waals surface area contributed by atoms with Crippen LogP contribution in [0, 0.1) is 0 Å². The van der Waals surface area contributed by atoms with Crippen molar-refractivity contribution in [3.63, 3.8) is 0 Å². The molecular formula is C9H15N3O2. The lowest BCUT2D eigenvalue weighted by molar-refractivity contribution is -0.145. The molecule has 0 saturated carbocycles. The van der Waals surface area contributed by atoms with Crippen LogP contribution in [0.3, 0.4) is 0 Å². The number of nitrogens with one attached hydrogen (secondary N) is 1. The van der Waals surface area contributed by atoms with E-state index in [0.717, 1.165) is 0 Å². The first kappa shape index (κ1) is 10.7. The number of likely N-dealkylation sites (N-methyl/N-ethyl adjacent to an activating group) is 1. The van der Waals surface area contributed by atoms with Crippen LogP contribution in [0.15, 0.2) is 18.5 Å². The average molecular weight is 197 g/mol. The fourth-order valence-corrected chi connectivity index (χ4v) is 1.12. The van der Waals surface area contributed by atoms with Crippen molar-refractivity contribution >= 4 is 5.97 Å². The maximum Gasteiger partial charge on any atom is 0.325 e. The second-order valence-corrected chi connectivity index (χ2v) is 2.82. The van der Waals surface area contributed by atoms with Gasteiger partial charge in [-0.1, -0.05) is 0 Å². The van der Waals surface area contributed by atoms with Crippen molar-refractivity contribution in [3.8, 4) is 0 Å². The van der Waals surface area contributed by atoms with Crippen LogP contribution in [0.4, 0.5) is 0 Å². The van der Waals surface area contributed by atoms with Crippen molar-refractivity contribution in [1.29, 1.82) is 0 Å². The Hall–Kier alpha value is -1.36. The Bertz CT molecular complexity index is 272. The molecule has 0 amide bonds. The summed E-state index contributed by atoms with van der Waals surface area (Å²) in [4.78, 5) is 11.4. The third-order valence-electron chi connectivity index (χ3n) is 1.85. The van der Waals surface area contributed by atoms with E-state index in [9.17, 15) is 4.79 Å². The zero-order chi connectivity index (χ0) is 10.4. The van der Waals surface area contributed by atoms with Gasteiger partial charge in [0.15, 0.2) is 0 Å². The average Bonchev–Trinajstić information content (AvgIpc) is 2.66. The normalized spacial score (nSPS) is 12.4. The quantitative estimate of drug-likeness (QED) is 0.677. The standard InChI is InChI=1S/C9H15N3O2/c1-3-14-9(13)8(10-2)7-12-6-4-5-11-12/h4-6,8,10H,3,7H2,1-2H3. The first-order chi connectivity index (χ1) is 6.77. The Kier molecular flexibility index (Phi) is 4.12. The van der Waals surface area contributed by atoms with Crippen LogP contribution < -0.4 is 5.32 Å². The SMILES string of the molecule is CCOC(=O)C(Cn1cccn1)NC. The van der Waals surface area contributed by atoms with E-state index in [0.29, 0.717) is 13.2 Å². The van der Waals surface area contributed by atoms with Crippen LogP contribution >= 0.6 is 0 Å². The van der Waals surface area contributed by atoms with Crippen LogP contribution in [0.1, 0.15) is 6.92 Å². The molecule has 1 N–H and O–H groups in total. The lowest BCUT2D eigenvalue weighted by atomic mass is 10.3. The van der Waals surface area contributed by atoms with Gasteiger partial charge in [0.05, 0.1) is 13.2 Å². The molecule has 14 heavy (non-hydrogen) atoms. The van der Waals surface area contributed by atoms with Crippen molar-refractivity contribution in [3.05, 3.63) is 18.5 Å². The summed E-state index contributed by atoms with van der Waals surface area (Å²) < 4.78 is 6.59. The maximum atomic E-state index is 11.4. The highest BCUT2D eigenvalue weighted by Crippen LogP contribution is 1.94. The minimum absolute atomic E-state index is 0.245. The van der Waals surface area contributed by atoms with E-state index < -0.39 is 0 Å². The zero-order valence-corrected chi connectivity index (χ0v) is 8.43. The molecule has 1 rings (SSSR count). The Labute approximate surface area is 83.1 Å². The number of ether oxygens (including phenoxy) is 1. The first-order valence-electron chi connectivity index (χ1n) is 4.59. The number of esters is 1. The van der Waals surface area contributed by atoms with Crippen molar-refractivity contribution in [2.45, 2.75) is 19.5 Å². The molecule has 0 spiro atoms. The summed E-state index contributed by atoms with van der Waals surface area (Å²) in [6, 6.07) is 1.48. The third kappa shape index (κ3) is 2.85. The maximum absolute atomic E-state index is 11.4. The number of nitrogens with zero attached hydrogens (tertiary/aromatic N) is 2.